The molecule has 0 saturated carbocycles. The van der Waals surface area contributed by atoms with Gasteiger partial charge in [0.2, 0.25) is 0 Å². The second-order valence-electron chi connectivity index (χ2n) is 2.58. The Morgan fingerprint density at radius 3 is 2.58 bits per heavy atom. The third-order valence-electron chi connectivity index (χ3n) is 1.71. The Morgan fingerprint density at radius 1 is 1.50 bits per heavy atom. The first-order valence-electron chi connectivity index (χ1n) is 3.59. The average molecular weight is 170 g/mol. The molecule has 0 aliphatic carbocycles. The number of hydrogen-bond acceptors (Lipinski definition) is 2. The van der Waals surface area contributed by atoms with E-state index < -0.39 is 5.97 Å². The van der Waals surface area contributed by atoms with E-state index in [0.717, 1.165) is 0 Å². The number of aromatic amines is 2. The van der Waals surface area contributed by atoms with Gasteiger partial charge in [-0.05, 0) is 13.3 Å². The van der Waals surface area contributed by atoms with E-state index in [4.69, 9.17) is 5.11 Å². The molecule has 0 aliphatic heterocycles. The quantitative estimate of drug-likeness (QED) is 0.598. The van der Waals surface area contributed by atoms with Crippen LogP contribution in [0.2, 0.25) is 0 Å². The van der Waals surface area contributed by atoms with E-state index in [1.165, 1.54) is 0 Å². The van der Waals surface area contributed by atoms with Gasteiger partial charge >= 0.3 is 5.97 Å². The molecule has 0 bridgehead atoms. The van der Waals surface area contributed by atoms with Crippen molar-refractivity contribution in [2.24, 2.45) is 0 Å². The van der Waals surface area contributed by atoms with Crippen LogP contribution in [-0.4, -0.2) is 21.3 Å². The van der Waals surface area contributed by atoms with Crippen LogP contribution in [0.1, 0.15) is 17.7 Å². The highest BCUT2D eigenvalue weighted by Gasteiger charge is 2.05. The molecule has 1 heterocycles. The van der Waals surface area contributed by atoms with E-state index in [0.29, 0.717) is 17.7 Å². The van der Waals surface area contributed by atoms with Gasteiger partial charge in [-0.15, -0.1) is 0 Å². The number of hydrogen-bond donors (Lipinski definition) is 3. The van der Waals surface area contributed by atoms with Crippen molar-refractivity contribution >= 4 is 5.97 Å². The Balaban J connectivity index is 2.70. The third kappa shape index (κ3) is 1.75. The molecule has 3 N–H and O–H groups in total. The van der Waals surface area contributed by atoms with Crippen LogP contribution in [0.3, 0.4) is 0 Å². The van der Waals surface area contributed by atoms with Gasteiger partial charge in [-0.3, -0.25) is 14.7 Å². The van der Waals surface area contributed by atoms with Crippen LogP contribution < -0.4 is 5.56 Å². The first-order valence-corrected chi connectivity index (χ1v) is 3.59. The van der Waals surface area contributed by atoms with Gasteiger partial charge in [-0.1, -0.05) is 0 Å². The van der Waals surface area contributed by atoms with Gasteiger partial charge < -0.3 is 10.2 Å². The molecule has 0 aliphatic rings. The van der Waals surface area contributed by atoms with Crippen LogP contribution in [0.25, 0.3) is 0 Å². The molecule has 0 fully saturated rings. The lowest BCUT2D eigenvalue weighted by molar-refractivity contribution is -0.136. The zero-order valence-electron chi connectivity index (χ0n) is 6.68. The second-order valence-corrected chi connectivity index (χ2v) is 2.58. The van der Waals surface area contributed by atoms with Gasteiger partial charge in [0.15, 0.2) is 0 Å². The number of aryl methyl sites for hydroxylation is 1. The smallest absolute Gasteiger partial charge is 0.303 e. The van der Waals surface area contributed by atoms with Crippen molar-refractivity contribution in [1.82, 2.24) is 10.2 Å². The van der Waals surface area contributed by atoms with Crippen LogP contribution in [-0.2, 0) is 11.2 Å². The van der Waals surface area contributed by atoms with Crippen molar-refractivity contribution in [3.05, 3.63) is 21.6 Å². The summed E-state index contributed by atoms with van der Waals surface area (Å²) >= 11 is 0. The summed E-state index contributed by atoms with van der Waals surface area (Å²) in [5, 5.41) is 13.4. The zero-order valence-corrected chi connectivity index (χ0v) is 6.68. The summed E-state index contributed by atoms with van der Waals surface area (Å²) < 4.78 is 0. The molecule has 1 rings (SSSR count). The summed E-state index contributed by atoms with van der Waals surface area (Å²) in [5.41, 5.74) is 1.05. The highest BCUT2D eigenvalue weighted by atomic mass is 16.4. The Bertz CT molecular complexity index is 337. The van der Waals surface area contributed by atoms with Crippen LogP contribution >= 0.6 is 0 Å². The minimum absolute atomic E-state index is 0.0363. The van der Waals surface area contributed by atoms with Gasteiger partial charge in [0.25, 0.3) is 5.56 Å². The number of nitrogens with one attached hydrogen (secondary N) is 2. The number of H-pyrrole nitrogens is 2. The lowest BCUT2D eigenvalue weighted by Gasteiger charge is -1.93. The average Bonchev–Trinajstić information content (AvgIpc) is 2.30. The molecule has 0 radical (unpaired) electrons. The third-order valence-corrected chi connectivity index (χ3v) is 1.71. The number of rotatable bonds is 3. The fraction of sp³-hybridized carbons (Fsp3) is 0.429. The standard InChI is InChI=1S/C7H10N2O3/c1-4-5(2-3-6(10)11)8-9-7(4)12/h2-3H2,1H3,(H,10,11)(H2,8,9,12). The number of aliphatic carboxylic acids is 1. The molecule has 5 nitrogen and oxygen atoms in total. The first kappa shape index (κ1) is 8.58. The van der Waals surface area contributed by atoms with Crippen molar-refractivity contribution in [1.29, 1.82) is 0 Å². The van der Waals surface area contributed by atoms with Crippen LogP contribution in [0.4, 0.5) is 0 Å². The number of carboxylic acids is 1. The fourth-order valence-electron chi connectivity index (χ4n) is 0.939. The molecule has 1 aromatic rings. The molecule has 0 amide bonds. The number of carboxylic acid groups (broad SMARTS) is 1. The lowest BCUT2D eigenvalue weighted by Crippen LogP contribution is -2.03. The van der Waals surface area contributed by atoms with Crippen molar-refractivity contribution in [3.8, 4) is 0 Å². The minimum atomic E-state index is -0.864. The van der Waals surface area contributed by atoms with Gasteiger partial charge in [0.1, 0.15) is 0 Å². The first-order chi connectivity index (χ1) is 5.61. The predicted octanol–water partition coefficient (Wildman–Crippen LogP) is 0.0286. The fourth-order valence-corrected chi connectivity index (χ4v) is 0.939. The Hall–Kier alpha value is -1.52. The molecule has 12 heavy (non-hydrogen) atoms. The molecule has 0 unspecified atom stereocenters. The molecule has 0 spiro atoms. The van der Waals surface area contributed by atoms with Crippen molar-refractivity contribution in [3.63, 3.8) is 0 Å². The Labute approximate surface area is 68.4 Å². The normalized spacial score (nSPS) is 10.1. The Morgan fingerprint density at radius 2 is 2.17 bits per heavy atom. The van der Waals surface area contributed by atoms with E-state index >= 15 is 0 Å². The van der Waals surface area contributed by atoms with E-state index in [1.807, 2.05) is 0 Å². The van der Waals surface area contributed by atoms with Gasteiger partial charge in [0.05, 0.1) is 6.42 Å². The van der Waals surface area contributed by atoms with Crippen LogP contribution in [0.15, 0.2) is 4.79 Å². The summed E-state index contributed by atoms with van der Waals surface area (Å²) in [6.45, 7) is 1.66. The van der Waals surface area contributed by atoms with Crippen molar-refractivity contribution < 1.29 is 9.90 Å². The molecule has 0 atom stereocenters. The van der Waals surface area contributed by atoms with E-state index in [9.17, 15) is 9.59 Å². The van der Waals surface area contributed by atoms with Crippen molar-refractivity contribution in [2.75, 3.05) is 0 Å². The van der Waals surface area contributed by atoms with E-state index in [1.54, 1.807) is 6.92 Å². The Kier molecular flexibility index (Phi) is 2.32. The lowest BCUT2D eigenvalue weighted by atomic mass is 10.2. The maximum atomic E-state index is 10.9. The summed E-state index contributed by atoms with van der Waals surface area (Å²) in [5.74, 6) is -0.864. The maximum Gasteiger partial charge on any atom is 0.303 e. The molecule has 1 aromatic heterocycles. The van der Waals surface area contributed by atoms with Crippen LogP contribution in [0, 0.1) is 6.92 Å². The second kappa shape index (κ2) is 3.25. The molecular weight excluding hydrogens is 160 g/mol. The van der Waals surface area contributed by atoms with E-state index in [-0.39, 0.29) is 12.0 Å². The number of carbonyl (C=O) groups is 1. The topological polar surface area (TPSA) is 85.9 Å². The predicted molar refractivity (Wildman–Crippen MR) is 42.1 cm³/mol. The molecule has 0 saturated heterocycles. The monoisotopic (exact) mass is 170 g/mol. The molecule has 5 heteroatoms. The molecule has 0 aromatic carbocycles. The summed E-state index contributed by atoms with van der Waals surface area (Å²) in [7, 11) is 0. The van der Waals surface area contributed by atoms with Gasteiger partial charge in [-0.25, -0.2) is 0 Å². The highest BCUT2D eigenvalue weighted by Crippen LogP contribution is 2.00. The summed E-state index contributed by atoms with van der Waals surface area (Å²) in [6, 6.07) is 0. The molecular formula is C7H10N2O3. The maximum absolute atomic E-state index is 10.9. The van der Waals surface area contributed by atoms with Gasteiger partial charge in [-0.2, -0.15) is 0 Å². The van der Waals surface area contributed by atoms with Crippen molar-refractivity contribution in [2.45, 2.75) is 19.8 Å². The summed E-state index contributed by atoms with van der Waals surface area (Å²) in [4.78, 5) is 21.0. The van der Waals surface area contributed by atoms with Crippen LogP contribution in [0.5, 0.6) is 0 Å². The number of aromatic nitrogens is 2. The van der Waals surface area contributed by atoms with Gasteiger partial charge in [0, 0.05) is 11.3 Å². The molecule has 66 valence electrons. The SMILES string of the molecule is Cc1c(CCC(=O)O)[nH][nH]c1=O. The highest BCUT2D eigenvalue weighted by molar-refractivity contribution is 5.67. The minimum Gasteiger partial charge on any atom is -0.481 e. The summed E-state index contributed by atoms with van der Waals surface area (Å²) in [6.07, 6.45) is 0.397. The zero-order chi connectivity index (χ0) is 9.14. The van der Waals surface area contributed by atoms with E-state index in [2.05, 4.69) is 10.2 Å². The largest absolute Gasteiger partial charge is 0.481 e.